The van der Waals surface area contributed by atoms with E-state index in [4.69, 9.17) is 9.47 Å². The van der Waals surface area contributed by atoms with Crippen LogP contribution in [0.2, 0.25) is 0 Å². The highest BCUT2D eigenvalue weighted by Crippen LogP contribution is 2.25. The number of aliphatic hydroxyl groups excluding tert-OH is 4. The predicted octanol–water partition coefficient (Wildman–Crippen LogP) is 7.31. The summed E-state index contributed by atoms with van der Waals surface area (Å²) in [4.78, 5) is 11.4. The lowest BCUT2D eigenvalue weighted by Gasteiger charge is -2.22. The van der Waals surface area contributed by atoms with Gasteiger partial charge >= 0.3 is 5.97 Å². The number of hydrogen-bond donors (Lipinski definition) is 4. The van der Waals surface area contributed by atoms with Crippen molar-refractivity contribution in [2.45, 2.75) is 205 Å². The second-order valence-electron chi connectivity index (χ2n) is 12.8. The molecule has 2 aliphatic rings. The minimum Gasteiger partial charge on any atom is -0.455 e. The summed E-state index contributed by atoms with van der Waals surface area (Å²) < 4.78 is 10.7. The van der Waals surface area contributed by atoms with Crippen LogP contribution in [0.25, 0.3) is 0 Å². The van der Waals surface area contributed by atoms with E-state index < -0.39 is 24.4 Å². The summed E-state index contributed by atoms with van der Waals surface area (Å²) in [7, 11) is 0. The quantitative estimate of drug-likeness (QED) is 0.0720. The summed E-state index contributed by atoms with van der Waals surface area (Å²) in [6.07, 6.45) is 21.5. The molecule has 2 unspecified atom stereocenters. The van der Waals surface area contributed by atoms with E-state index >= 15 is 0 Å². The maximum atomic E-state index is 11.4. The molecule has 2 aliphatic heterocycles. The van der Waals surface area contributed by atoms with Gasteiger partial charge in [-0.2, -0.15) is 0 Å². The van der Waals surface area contributed by atoms with Gasteiger partial charge in [-0.1, -0.05) is 104 Å². The molecule has 0 aromatic rings. The number of aliphatic hydroxyl groups is 4. The molecule has 0 aromatic heterocycles. The molecule has 0 aromatic carbocycles. The molecule has 0 saturated carbocycles. The van der Waals surface area contributed by atoms with E-state index in [1.54, 1.807) is 0 Å². The van der Waals surface area contributed by atoms with Crippen LogP contribution in [0.15, 0.2) is 11.6 Å². The molecule has 0 amide bonds. The maximum Gasteiger partial charge on any atom is 0.334 e. The van der Waals surface area contributed by atoms with Gasteiger partial charge in [0, 0.05) is 12.0 Å². The average molecular weight is 599 g/mol. The van der Waals surface area contributed by atoms with Gasteiger partial charge < -0.3 is 29.9 Å². The number of unbranched alkanes of at least 4 members (excludes halogenated alkanes) is 12. The van der Waals surface area contributed by atoms with Gasteiger partial charge in [0.1, 0.15) is 6.10 Å². The van der Waals surface area contributed by atoms with Crippen LogP contribution in [0.1, 0.15) is 163 Å². The highest BCUT2D eigenvalue weighted by Gasteiger charge is 2.29. The number of hydrogen-bond acceptors (Lipinski definition) is 7. The lowest BCUT2D eigenvalue weighted by Crippen LogP contribution is -2.31. The summed E-state index contributed by atoms with van der Waals surface area (Å²) in [6, 6.07) is 0. The van der Waals surface area contributed by atoms with E-state index in [0.717, 1.165) is 38.5 Å². The zero-order valence-electron chi connectivity index (χ0n) is 27.5. The number of cyclic esters (lactones) is 1. The third kappa shape index (κ3) is 18.6. The Labute approximate surface area is 257 Å². The molecule has 7 atom stereocenters. The molecule has 42 heavy (non-hydrogen) atoms. The number of carbonyl (C=O) groups is 1. The third-order valence-corrected chi connectivity index (χ3v) is 8.59. The van der Waals surface area contributed by atoms with Gasteiger partial charge in [-0.3, -0.25) is 0 Å². The van der Waals surface area contributed by atoms with Crippen molar-refractivity contribution in [2.75, 3.05) is 0 Å². The lowest BCUT2D eigenvalue weighted by molar-refractivity contribution is -0.139. The Morgan fingerprint density at radius 1 is 0.714 bits per heavy atom. The molecule has 2 rings (SSSR count). The van der Waals surface area contributed by atoms with Crippen molar-refractivity contribution in [1.82, 2.24) is 0 Å². The molecular formula is C35H66O7. The summed E-state index contributed by atoms with van der Waals surface area (Å²) in [5.74, 6) is -0.256. The summed E-state index contributed by atoms with van der Waals surface area (Å²) in [5, 5.41) is 39.9. The second-order valence-corrected chi connectivity index (χ2v) is 12.8. The fourth-order valence-electron chi connectivity index (χ4n) is 5.81. The fourth-order valence-corrected chi connectivity index (χ4v) is 5.81. The molecule has 0 spiro atoms. The van der Waals surface area contributed by atoms with Gasteiger partial charge in [0.2, 0.25) is 0 Å². The lowest BCUT2D eigenvalue weighted by atomic mass is 9.98. The molecular weight excluding hydrogens is 532 g/mol. The van der Waals surface area contributed by atoms with Crippen molar-refractivity contribution >= 4 is 5.97 Å². The minimum absolute atomic E-state index is 0.0987. The predicted molar refractivity (Wildman–Crippen MR) is 170 cm³/mol. The Kier molecular flexibility index (Phi) is 22.6. The van der Waals surface area contributed by atoms with Crippen LogP contribution in [-0.4, -0.2) is 69.1 Å². The van der Waals surface area contributed by atoms with Crippen molar-refractivity contribution in [1.29, 1.82) is 0 Å². The first-order valence-electron chi connectivity index (χ1n) is 17.5. The Hall–Kier alpha value is -0.990. The summed E-state index contributed by atoms with van der Waals surface area (Å²) in [5.41, 5.74) is 0.644. The van der Waals surface area contributed by atoms with Crippen LogP contribution in [-0.2, 0) is 14.3 Å². The van der Waals surface area contributed by atoms with Gasteiger partial charge in [-0.15, -0.1) is 0 Å². The highest BCUT2D eigenvalue weighted by atomic mass is 16.5. The Morgan fingerprint density at radius 3 is 1.74 bits per heavy atom. The first kappa shape index (κ1) is 39.0. The monoisotopic (exact) mass is 598 g/mol. The van der Waals surface area contributed by atoms with Crippen LogP contribution in [0.3, 0.4) is 0 Å². The molecule has 0 bridgehead atoms. The Bertz CT molecular complexity index is 697. The zero-order valence-corrected chi connectivity index (χ0v) is 27.5. The van der Waals surface area contributed by atoms with E-state index in [1.807, 2.05) is 19.9 Å². The smallest absolute Gasteiger partial charge is 0.334 e. The normalized spacial score (nSPS) is 23.1. The standard InChI is InChI=1S/C18H32O3.C17H34O4/c1-3-4-5-6-7-8-9-10-11-12-17(19)14-16-13-15(2)21-18(16)20;1-3-4-5-6-7-8-14(18)15(19)10-11-16(20)17-12-9-13(2)21-17/h13,15,17,19H,3-12,14H2,1-2H3;13-20H,3-12H2,1-2H3/t15-,17+;13-,14?,15?,16+,17+/m01/s1. The van der Waals surface area contributed by atoms with Gasteiger partial charge in [0.15, 0.2) is 0 Å². The molecule has 2 heterocycles. The Morgan fingerprint density at radius 2 is 1.24 bits per heavy atom. The van der Waals surface area contributed by atoms with Gasteiger partial charge in [0.05, 0.1) is 36.6 Å². The molecule has 1 saturated heterocycles. The largest absolute Gasteiger partial charge is 0.455 e. The van der Waals surface area contributed by atoms with Crippen LogP contribution < -0.4 is 0 Å². The Balaban J connectivity index is 0.000000420. The van der Waals surface area contributed by atoms with Crippen LogP contribution in [0, 0.1) is 0 Å². The average Bonchev–Trinajstić information content (AvgIpc) is 3.54. The molecule has 4 N–H and O–H groups in total. The van der Waals surface area contributed by atoms with Crippen LogP contribution >= 0.6 is 0 Å². The number of rotatable bonds is 23. The maximum absolute atomic E-state index is 11.4. The van der Waals surface area contributed by atoms with Crippen LogP contribution in [0.5, 0.6) is 0 Å². The summed E-state index contributed by atoms with van der Waals surface area (Å²) in [6.45, 7) is 8.29. The topological polar surface area (TPSA) is 116 Å². The number of carbonyl (C=O) groups excluding carboxylic acids is 1. The fraction of sp³-hybridized carbons (Fsp3) is 0.914. The van der Waals surface area contributed by atoms with Gasteiger partial charge in [-0.05, 0) is 58.4 Å². The van der Waals surface area contributed by atoms with Crippen molar-refractivity contribution in [3.8, 4) is 0 Å². The van der Waals surface area contributed by atoms with Crippen molar-refractivity contribution in [2.24, 2.45) is 0 Å². The molecule has 0 radical (unpaired) electrons. The van der Waals surface area contributed by atoms with Crippen molar-refractivity contribution in [3.05, 3.63) is 11.6 Å². The first-order valence-corrected chi connectivity index (χ1v) is 17.5. The van der Waals surface area contributed by atoms with Crippen molar-refractivity contribution in [3.63, 3.8) is 0 Å². The number of ether oxygens (including phenoxy) is 2. The number of esters is 1. The minimum atomic E-state index is -0.732. The summed E-state index contributed by atoms with van der Waals surface area (Å²) >= 11 is 0. The van der Waals surface area contributed by atoms with Gasteiger partial charge in [0.25, 0.3) is 0 Å². The van der Waals surface area contributed by atoms with E-state index in [2.05, 4.69) is 13.8 Å². The zero-order chi connectivity index (χ0) is 31.2. The molecule has 248 valence electrons. The second kappa shape index (κ2) is 24.3. The van der Waals surface area contributed by atoms with Crippen molar-refractivity contribution < 1.29 is 34.7 Å². The molecule has 7 nitrogen and oxygen atoms in total. The van der Waals surface area contributed by atoms with E-state index in [1.165, 1.54) is 70.6 Å². The van der Waals surface area contributed by atoms with Crippen LogP contribution in [0.4, 0.5) is 0 Å². The molecule has 0 aliphatic carbocycles. The highest BCUT2D eigenvalue weighted by molar-refractivity contribution is 5.90. The molecule has 7 heteroatoms. The van der Waals surface area contributed by atoms with E-state index in [0.29, 0.717) is 31.3 Å². The first-order chi connectivity index (χ1) is 20.2. The van der Waals surface area contributed by atoms with E-state index in [-0.39, 0.29) is 24.3 Å². The van der Waals surface area contributed by atoms with E-state index in [9.17, 15) is 25.2 Å². The van der Waals surface area contributed by atoms with Gasteiger partial charge in [-0.25, -0.2) is 4.79 Å². The third-order valence-electron chi connectivity index (χ3n) is 8.59. The SMILES string of the molecule is CCCCCCCC(O)C(O)CC[C@H](O)[C@@H]1CC[C@@H](C)O1.CCCCCCCCCCC[C@@H](O)CC1=C[C@H](C)OC1=O. The molecule has 1 fully saturated rings.